The molecule has 0 aliphatic rings. The van der Waals surface area contributed by atoms with Gasteiger partial charge in [0.25, 0.3) is 0 Å². The highest BCUT2D eigenvalue weighted by atomic mass is 31.2. The van der Waals surface area contributed by atoms with Crippen LogP contribution in [0.15, 0.2) is 0 Å². The topological polar surface area (TPSA) is 169 Å². The smallest absolute Gasteiger partial charge is 0.472 e. The molecule has 3 atom stereocenters. The fraction of sp³-hybridized carbons (Fsp3) is 0.932. The van der Waals surface area contributed by atoms with Gasteiger partial charge in [0.05, 0.1) is 13.2 Å². The molecule has 56 heavy (non-hydrogen) atoms. The van der Waals surface area contributed by atoms with Crippen LogP contribution in [0.4, 0.5) is 0 Å². The molecule has 0 fully saturated rings. The van der Waals surface area contributed by atoms with Crippen LogP contribution in [-0.2, 0) is 32.7 Å². The number of aliphatic hydroxyl groups is 1. The van der Waals surface area contributed by atoms with Crippen molar-refractivity contribution in [1.29, 1.82) is 0 Å². The molecule has 4 N–H and O–H groups in total. The molecule has 0 saturated heterocycles. The van der Waals surface area contributed by atoms with Gasteiger partial charge in [0.1, 0.15) is 12.7 Å². The lowest BCUT2D eigenvalue weighted by atomic mass is 10.0. The summed E-state index contributed by atoms with van der Waals surface area (Å²) in [5.41, 5.74) is 0. The Kier molecular flexibility index (Phi) is 39.2. The van der Waals surface area contributed by atoms with Crippen LogP contribution >= 0.6 is 7.82 Å². The van der Waals surface area contributed by atoms with Crippen molar-refractivity contribution in [1.82, 2.24) is 5.32 Å². The second-order valence-electron chi connectivity index (χ2n) is 16.0. The van der Waals surface area contributed by atoms with Crippen LogP contribution in [0.25, 0.3) is 0 Å². The minimum Gasteiger partial charge on any atom is -0.480 e. The summed E-state index contributed by atoms with van der Waals surface area (Å²) in [6, 6.07) is -1.54. The number of carboxylic acid groups (broad SMARTS) is 1. The van der Waals surface area contributed by atoms with Crippen LogP contribution in [0.2, 0.25) is 0 Å². The van der Waals surface area contributed by atoms with Crippen molar-refractivity contribution >= 4 is 25.7 Å². The van der Waals surface area contributed by atoms with E-state index in [1.807, 2.05) is 0 Å². The van der Waals surface area contributed by atoms with E-state index in [1.54, 1.807) is 0 Å². The Labute approximate surface area is 342 Å². The van der Waals surface area contributed by atoms with E-state index >= 15 is 0 Å². The van der Waals surface area contributed by atoms with E-state index in [-0.39, 0.29) is 12.8 Å². The van der Waals surface area contributed by atoms with Gasteiger partial charge in [-0.1, -0.05) is 206 Å². The van der Waals surface area contributed by atoms with Gasteiger partial charge < -0.3 is 25.2 Å². The third-order valence-electron chi connectivity index (χ3n) is 10.4. The predicted molar refractivity (Wildman–Crippen MR) is 227 cm³/mol. The highest BCUT2D eigenvalue weighted by Crippen LogP contribution is 2.43. The number of ether oxygens (including phenoxy) is 1. The molecule has 0 aromatic carbocycles. The molecule has 0 spiro atoms. The molecule has 0 aliphatic heterocycles. The van der Waals surface area contributed by atoms with Crippen LogP contribution in [0, 0.1) is 0 Å². The average Bonchev–Trinajstić information content (AvgIpc) is 3.17. The fourth-order valence-electron chi connectivity index (χ4n) is 6.79. The quantitative estimate of drug-likeness (QED) is 0.0264. The van der Waals surface area contributed by atoms with Gasteiger partial charge in [-0.25, -0.2) is 9.36 Å². The number of amides is 1. The Morgan fingerprint density at radius 2 is 0.821 bits per heavy atom. The number of phosphoric ester groups is 1. The number of aliphatic carboxylic acids is 1. The highest BCUT2D eigenvalue weighted by molar-refractivity contribution is 7.47. The Bertz CT molecular complexity index is 968. The third-order valence-corrected chi connectivity index (χ3v) is 11.3. The van der Waals surface area contributed by atoms with Gasteiger partial charge in [-0.2, -0.15) is 0 Å². The van der Waals surface area contributed by atoms with Crippen LogP contribution in [0.5, 0.6) is 0 Å². The average molecular weight is 820 g/mol. The Morgan fingerprint density at radius 3 is 1.18 bits per heavy atom. The van der Waals surface area contributed by atoms with Crippen molar-refractivity contribution in [3.63, 3.8) is 0 Å². The first-order valence-electron chi connectivity index (χ1n) is 23.1. The largest absolute Gasteiger partial charge is 0.480 e. The standard InChI is InChI=1S/C44H86NO10P/c1-3-5-7-9-11-13-15-17-18-19-20-21-22-23-24-25-27-29-31-33-35-42(47)45-41(44(49)50)39-55-56(51,52)54-38-40(46)37-53-43(48)36-34-32-30-28-26-16-14-12-10-8-6-4-2/h40-41,46H,3-39H2,1-2H3,(H,45,47)(H,49,50)(H,51,52). The molecule has 3 unspecified atom stereocenters. The first kappa shape index (κ1) is 54.5. The minimum atomic E-state index is -4.75. The molecule has 0 aromatic heterocycles. The van der Waals surface area contributed by atoms with Gasteiger partial charge in [-0.15, -0.1) is 0 Å². The van der Waals surface area contributed by atoms with Crippen molar-refractivity contribution in [2.24, 2.45) is 0 Å². The fourth-order valence-corrected chi connectivity index (χ4v) is 7.56. The number of aliphatic hydroxyl groups excluding tert-OH is 1. The number of rotatable bonds is 44. The molecular formula is C44H86NO10P. The van der Waals surface area contributed by atoms with E-state index in [0.717, 1.165) is 38.5 Å². The molecule has 0 bridgehead atoms. The van der Waals surface area contributed by atoms with Crippen molar-refractivity contribution in [3.05, 3.63) is 0 Å². The van der Waals surface area contributed by atoms with E-state index < -0.39 is 57.6 Å². The molecule has 0 radical (unpaired) electrons. The van der Waals surface area contributed by atoms with E-state index in [0.29, 0.717) is 12.8 Å². The number of esters is 1. The maximum Gasteiger partial charge on any atom is 0.472 e. The van der Waals surface area contributed by atoms with E-state index in [2.05, 4.69) is 19.2 Å². The van der Waals surface area contributed by atoms with Crippen LogP contribution in [0.3, 0.4) is 0 Å². The number of phosphoric acid groups is 1. The summed E-state index contributed by atoms with van der Waals surface area (Å²) < 4.78 is 26.8. The van der Waals surface area contributed by atoms with E-state index in [9.17, 15) is 34.1 Å². The van der Waals surface area contributed by atoms with Gasteiger partial charge in [0, 0.05) is 12.8 Å². The number of nitrogens with one attached hydrogen (secondary N) is 1. The monoisotopic (exact) mass is 820 g/mol. The second kappa shape index (κ2) is 40.3. The lowest BCUT2D eigenvalue weighted by molar-refractivity contribution is -0.147. The maximum atomic E-state index is 12.3. The van der Waals surface area contributed by atoms with Crippen LogP contribution in [0.1, 0.15) is 232 Å². The first-order valence-corrected chi connectivity index (χ1v) is 24.6. The maximum absolute atomic E-state index is 12.3. The molecular weight excluding hydrogens is 733 g/mol. The zero-order chi connectivity index (χ0) is 41.4. The number of carbonyl (C=O) groups excluding carboxylic acids is 2. The predicted octanol–water partition coefficient (Wildman–Crippen LogP) is 11.9. The van der Waals surface area contributed by atoms with Gasteiger partial charge >= 0.3 is 19.8 Å². The molecule has 0 aliphatic carbocycles. The van der Waals surface area contributed by atoms with Crippen molar-refractivity contribution in [2.75, 3.05) is 19.8 Å². The zero-order valence-electron chi connectivity index (χ0n) is 36.0. The summed E-state index contributed by atoms with van der Waals surface area (Å²) in [5, 5.41) is 21.8. The lowest BCUT2D eigenvalue weighted by Gasteiger charge is -2.18. The van der Waals surface area contributed by atoms with Crippen molar-refractivity contribution < 1.29 is 47.8 Å². The number of carbonyl (C=O) groups is 3. The number of hydrogen-bond acceptors (Lipinski definition) is 8. The second-order valence-corrected chi connectivity index (χ2v) is 17.4. The molecule has 12 heteroatoms. The zero-order valence-corrected chi connectivity index (χ0v) is 36.9. The van der Waals surface area contributed by atoms with E-state index in [1.165, 1.54) is 154 Å². The molecule has 0 aromatic rings. The summed E-state index contributed by atoms with van der Waals surface area (Å²) in [4.78, 5) is 45.9. The highest BCUT2D eigenvalue weighted by Gasteiger charge is 2.28. The summed E-state index contributed by atoms with van der Waals surface area (Å²) in [6.45, 7) is 2.62. The van der Waals surface area contributed by atoms with Crippen molar-refractivity contribution in [2.45, 2.75) is 244 Å². The molecule has 1 amide bonds. The summed E-state index contributed by atoms with van der Waals surface area (Å²) >= 11 is 0. The minimum absolute atomic E-state index is 0.153. The Balaban J connectivity index is 3.83. The summed E-state index contributed by atoms with van der Waals surface area (Å²) in [6.07, 6.45) is 38.4. The van der Waals surface area contributed by atoms with E-state index in [4.69, 9.17) is 13.8 Å². The van der Waals surface area contributed by atoms with Crippen LogP contribution in [-0.4, -0.2) is 64.9 Å². The van der Waals surface area contributed by atoms with Crippen LogP contribution < -0.4 is 5.32 Å². The molecule has 11 nitrogen and oxygen atoms in total. The molecule has 332 valence electrons. The normalized spacial score (nSPS) is 13.6. The lowest BCUT2D eigenvalue weighted by Crippen LogP contribution is -2.43. The molecule has 0 rings (SSSR count). The number of hydrogen-bond donors (Lipinski definition) is 4. The van der Waals surface area contributed by atoms with Gasteiger partial charge in [0.2, 0.25) is 5.91 Å². The SMILES string of the molecule is CCCCCCCCCCCCCCCCCCCCCCC(=O)NC(COP(=O)(O)OCC(O)COC(=O)CCCCCCCCCCCCCC)C(=O)O. The summed E-state index contributed by atoms with van der Waals surface area (Å²) in [5.74, 6) is -2.35. The van der Waals surface area contributed by atoms with Gasteiger partial charge in [-0.05, 0) is 12.8 Å². The number of carboxylic acids is 1. The Morgan fingerprint density at radius 1 is 0.500 bits per heavy atom. The number of unbranched alkanes of at least 4 members (excludes halogenated alkanes) is 30. The first-order chi connectivity index (χ1) is 27.1. The summed E-state index contributed by atoms with van der Waals surface area (Å²) in [7, 11) is -4.75. The van der Waals surface area contributed by atoms with Gasteiger partial charge in [0.15, 0.2) is 6.04 Å². The molecule has 0 saturated carbocycles. The third kappa shape index (κ3) is 39.3. The molecule has 0 heterocycles. The Hall–Kier alpha value is -1.52. The van der Waals surface area contributed by atoms with Gasteiger partial charge in [-0.3, -0.25) is 18.6 Å². The van der Waals surface area contributed by atoms with Crippen molar-refractivity contribution in [3.8, 4) is 0 Å².